The Morgan fingerprint density at radius 3 is 1.23 bits per heavy atom. The van der Waals surface area contributed by atoms with E-state index in [4.69, 9.17) is 0 Å². The van der Waals surface area contributed by atoms with Gasteiger partial charge in [0.25, 0.3) is 0 Å². The molecule has 216 valence electrons. The molecular formula is C34H48N4S2. The smallest absolute Gasteiger partial charge is 0.143 e. The van der Waals surface area contributed by atoms with Crippen LogP contribution >= 0.6 is 22.7 Å². The molecule has 0 unspecified atom stereocenters. The second kappa shape index (κ2) is 17.6. The van der Waals surface area contributed by atoms with E-state index in [1.165, 1.54) is 114 Å². The van der Waals surface area contributed by atoms with Gasteiger partial charge in [0, 0.05) is 24.0 Å². The summed E-state index contributed by atoms with van der Waals surface area (Å²) in [5, 5.41) is 24.8. The van der Waals surface area contributed by atoms with Crippen molar-refractivity contribution in [2.75, 3.05) is 0 Å². The Labute approximate surface area is 250 Å². The number of unbranched alkanes of at least 4 members (excludes halogenated alkanes) is 14. The summed E-state index contributed by atoms with van der Waals surface area (Å²) in [7, 11) is 0. The molecule has 2 heterocycles. The third-order valence-electron chi connectivity index (χ3n) is 7.76. The lowest BCUT2D eigenvalue weighted by molar-refractivity contribution is 0.574. The maximum atomic E-state index is 4.51. The Kier molecular flexibility index (Phi) is 13.5. The van der Waals surface area contributed by atoms with E-state index in [0.717, 1.165) is 44.0 Å². The molecule has 4 nitrogen and oxygen atoms in total. The first-order valence-electron chi connectivity index (χ1n) is 16.0. The van der Waals surface area contributed by atoms with Gasteiger partial charge in [0.2, 0.25) is 0 Å². The molecule has 0 amide bonds. The van der Waals surface area contributed by atoms with Gasteiger partial charge in [0.05, 0.1) is 0 Å². The van der Waals surface area contributed by atoms with Crippen LogP contribution in [0.1, 0.15) is 127 Å². The van der Waals surface area contributed by atoms with Crippen molar-refractivity contribution in [3.05, 3.63) is 46.4 Å². The zero-order chi connectivity index (χ0) is 27.8. The van der Waals surface area contributed by atoms with Crippen LogP contribution in [0, 0.1) is 0 Å². The molecule has 6 heteroatoms. The SMILES string of the molecule is CCCCCCCCCCc1nnc(-c2ccc3cc(-c4nnc(CCCCCCCCCC)s4)ccc3c2)s1. The fourth-order valence-electron chi connectivity index (χ4n) is 5.27. The zero-order valence-electron chi connectivity index (χ0n) is 24.8. The molecule has 0 atom stereocenters. The lowest BCUT2D eigenvalue weighted by Gasteiger charge is -2.03. The first kappa shape index (κ1) is 30.8. The van der Waals surface area contributed by atoms with E-state index >= 15 is 0 Å². The summed E-state index contributed by atoms with van der Waals surface area (Å²) >= 11 is 3.49. The minimum absolute atomic E-state index is 1.02. The third-order valence-corrected chi connectivity index (χ3v) is 9.82. The Morgan fingerprint density at radius 1 is 0.450 bits per heavy atom. The molecule has 0 aliphatic heterocycles. The van der Waals surface area contributed by atoms with Gasteiger partial charge in [-0.05, 0) is 35.7 Å². The molecule has 4 rings (SSSR count). The number of benzene rings is 2. The summed E-state index contributed by atoms with van der Waals surface area (Å²) < 4.78 is 0. The number of aryl methyl sites for hydroxylation is 2. The summed E-state index contributed by atoms with van der Waals surface area (Å²) in [4.78, 5) is 0. The highest BCUT2D eigenvalue weighted by Gasteiger charge is 2.10. The van der Waals surface area contributed by atoms with Gasteiger partial charge in [-0.25, -0.2) is 0 Å². The van der Waals surface area contributed by atoms with E-state index in [9.17, 15) is 0 Å². The monoisotopic (exact) mass is 576 g/mol. The van der Waals surface area contributed by atoms with Gasteiger partial charge in [-0.3, -0.25) is 0 Å². The molecule has 40 heavy (non-hydrogen) atoms. The van der Waals surface area contributed by atoms with Crippen molar-refractivity contribution in [1.82, 2.24) is 20.4 Å². The Hall–Kier alpha value is -2.18. The highest BCUT2D eigenvalue weighted by Crippen LogP contribution is 2.31. The number of nitrogens with zero attached hydrogens (tertiary/aromatic N) is 4. The molecule has 0 saturated carbocycles. The van der Waals surface area contributed by atoms with Crippen LogP contribution in [0.15, 0.2) is 36.4 Å². The van der Waals surface area contributed by atoms with E-state index in [0.29, 0.717) is 0 Å². The molecule has 4 aromatic rings. The van der Waals surface area contributed by atoms with Crippen LogP contribution in [-0.4, -0.2) is 20.4 Å². The number of rotatable bonds is 20. The van der Waals surface area contributed by atoms with E-state index < -0.39 is 0 Å². The Balaban J connectivity index is 1.24. The van der Waals surface area contributed by atoms with Crippen LogP contribution in [0.3, 0.4) is 0 Å². The third kappa shape index (κ3) is 10.0. The van der Waals surface area contributed by atoms with Crippen LogP contribution in [-0.2, 0) is 12.8 Å². The molecule has 0 aliphatic carbocycles. The predicted octanol–water partition coefficient (Wildman–Crippen LogP) is 11.2. The summed E-state index contributed by atoms with van der Waals surface area (Å²) in [6.07, 6.45) is 23.6. The summed E-state index contributed by atoms with van der Waals surface area (Å²) in [5.41, 5.74) is 2.31. The van der Waals surface area contributed by atoms with Gasteiger partial charge in [-0.2, -0.15) is 0 Å². The fraction of sp³-hybridized carbons (Fsp3) is 0.588. The largest absolute Gasteiger partial charge is 0.147 e. The van der Waals surface area contributed by atoms with Gasteiger partial charge in [-0.1, -0.05) is 151 Å². The van der Waals surface area contributed by atoms with Crippen molar-refractivity contribution in [3.63, 3.8) is 0 Å². The fourth-order valence-corrected chi connectivity index (χ4v) is 7.03. The van der Waals surface area contributed by atoms with Crippen LogP contribution in [0.4, 0.5) is 0 Å². The highest BCUT2D eigenvalue weighted by atomic mass is 32.1. The molecule has 0 spiro atoms. The van der Waals surface area contributed by atoms with Crippen molar-refractivity contribution < 1.29 is 0 Å². The van der Waals surface area contributed by atoms with E-state index in [1.807, 2.05) is 0 Å². The number of aromatic nitrogens is 4. The summed E-state index contributed by atoms with van der Waals surface area (Å²) in [6, 6.07) is 13.3. The van der Waals surface area contributed by atoms with Crippen molar-refractivity contribution >= 4 is 33.4 Å². The molecule has 0 bridgehead atoms. The molecule has 2 aromatic carbocycles. The quantitative estimate of drug-likeness (QED) is 0.0982. The predicted molar refractivity (Wildman–Crippen MR) is 174 cm³/mol. The molecule has 0 fully saturated rings. The van der Waals surface area contributed by atoms with Crippen molar-refractivity contribution in [2.24, 2.45) is 0 Å². The normalized spacial score (nSPS) is 11.6. The Bertz CT molecular complexity index is 1160. The molecule has 2 aromatic heterocycles. The summed E-state index contributed by atoms with van der Waals surface area (Å²) in [6.45, 7) is 4.55. The van der Waals surface area contributed by atoms with Crippen molar-refractivity contribution in [2.45, 2.75) is 129 Å². The van der Waals surface area contributed by atoms with Crippen LogP contribution < -0.4 is 0 Å². The topological polar surface area (TPSA) is 51.6 Å². The molecule has 0 aliphatic rings. The Morgan fingerprint density at radius 2 is 0.825 bits per heavy atom. The number of hydrogen-bond donors (Lipinski definition) is 0. The highest BCUT2D eigenvalue weighted by molar-refractivity contribution is 7.15. The first-order chi connectivity index (χ1) is 19.8. The maximum absolute atomic E-state index is 4.51. The van der Waals surface area contributed by atoms with Crippen LogP contribution in [0.2, 0.25) is 0 Å². The van der Waals surface area contributed by atoms with Gasteiger partial charge in [0.1, 0.15) is 20.0 Å². The van der Waals surface area contributed by atoms with Crippen LogP contribution in [0.5, 0.6) is 0 Å². The molecular weight excluding hydrogens is 529 g/mol. The van der Waals surface area contributed by atoms with E-state index in [-0.39, 0.29) is 0 Å². The van der Waals surface area contributed by atoms with Gasteiger partial charge >= 0.3 is 0 Å². The van der Waals surface area contributed by atoms with Gasteiger partial charge in [-0.15, -0.1) is 20.4 Å². The van der Waals surface area contributed by atoms with E-state index in [1.54, 1.807) is 22.7 Å². The minimum Gasteiger partial charge on any atom is -0.143 e. The second-order valence-corrected chi connectivity index (χ2v) is 13.4. The number of fused-ring (bicyclic) bond motifs is 1. The van der Waals surface area contributed by atoms with Gasteiger partial charge < -0.3 is 0 Å². The average Bonchev–Trinajstić information content (AvgIpc) is 3.66. The number of hydrogen-bond acceptors (Lipinski definition) is 6. The van der Waals surface area contributed by atoms with Crippen molar-refractivity contribution in [1.29, 1.82) is 0 Å². The minimum atomic E-state index is 1.02. The average molecular weight is 577 g/mol. The maximum Gasteiger partial charge on any atom is 0.147 e. The zero-order valence-corrected chi connectivity index (χ0v) is 26.4. The van der Waals surface area contributed by atoms with E-state index in [2.05, 4.69) is 70.6 Å². The lowest BCUT2D eigenvalue weighted by Crippen LogP contribution is -1.86. The van der Waals surface area contributed by atoms with Gasteiger partial charge in [0.15, 0.2) is 0 Å². The van der Waals surface area contributed by atoms with Crippen LogP contribution in [0.25, 0.3) is 31.9 Å². The molecule has 0 saturated heterocycles. The summed E-state index contributed by atoms with van der Waals surface area (Å²) in [5.74, 6) is 0. The standard InChI is InChI=1S/C34H48N4S2/c1-3-5-7-9-11-13-15-17-19-31-35-37-33(39-31)29-23-21-28-26-30(24-22-27(28)25-29)34-38-36-32(40-34)20-18-16-14-12-10-8-6-4-2/h21-26H,3-20H2,1-2H3. The first-order valence-corrected chi connectivity index (χ1v) is 17.6. The second-order valence-electron chi connectivity index (χ2n) is 11.2. The van der Waals surface area contributed by atoms with Crippen molar-refractivity contribution in [3.8, 4) is 21.1 Å². The lowest BCUT2D eigenvalue weighted by atomic mass is 10.0. The molecule has 0 N–H and O–H groups in total. The molecule has 0 radical (unpaired) electrons.